The van der Waals surface area contributed by atoms with Gasteiger partial charge >= 0.3 is 0 Å². The zero-order valence-electron chi connectivity index (χ0n) is 12.3. The van der Waals surface area contributed by atoms with Crippen LogP contribution >= 0.6 is 0 Å². The molecule has 2 aromatic rings. The van der Waals surface area contributed by atoms with E-state index >= 15 is 0 Å². The highest BCUT2D eigenvalue weighted by Crippen LogP contribution is 2.41. The quantitative estimate of drug-likeness (QED) is 0.820. The van der Waals surface area contributed by atoms with Crippen LogP contribution in [0.1, 0.15) is 30.5 Å². The molecule has 0 spiro atoms. The predicted octanol–water partition coefficient (Wildman–Crippen LogP) is 4.42. The molecule has 0 N–H and O–H groups in total. The fourth-order valence-electron chi connectivity index (χ4n) is 3.22. The average Bonchev–Trinajstić information content (AvgIpc) is 2.89. The van der Waals surface area contributed by atoms with Crippen molar-refractivity contribution in [3.8, 4) is 6.07 Å². The number of anilines is 1. The largest absolute Gasteiger partial charge is 0.363 e. The summed E-state index contributed by atoms with van der Waals surface area (Å²) in [6, 6.07) is 13.0. The van der Waals surface area contributed by atoms with Crippen LogP contribution in [0, 0.1) is 28.9 Å². The summed E-state index contributed by atoms with van der Waals surface area (Å²) in [4.78, 5) is 1.95. The van der Waals surface area contributed by atoms with E-state index in [1.54, 1.807) is 30.3 Å². The number of rotatable bonds is 2. The minimum absolute atomic E-state index is 0.0259. The molecule has 3 rings (SSSR count). The monoisotopic (exact) mass is 298 g/mol. The second kappa shape index (κ2) is 5.76. The van der Waals surface area contributed by atoms with Crippen molar-refractivity contribution in [1.29, 1.82) is 5.26 Å². The van der Waals surface area contributed by atoms with E-state index < -0.39 is 5.82 Å². The summed E-state index contributed by atoms with van der Waals surface area (Å²) in [5.74, 6) is -0.451. The van der Waals surface area contributed by atoms with Crippen LogP contribution < -0.4 is 4.90 Å². The second-order valence-electron chi connectivity index (χ2n) is 5.78. The van der Waals surface area contributed by atoms with E-state index in [2.05, 4.69) is 6.92 Å². The van der Waals surface area contributed by atoms with Gasteiger partial charge in [0.05, 0.1) is 11.7 Å². The Balaban J connectivity index is 2.08. The Bertz CT molecular complexity index is 736. The first-order valence-corrected chi connectivity index (χ1v) is 7.31. The fraction of sp³-hybridized carbons (Fsp3) is 0.278. The van der Waals surface area contributed by atoms with Crippen LogP contribution in [0.15, 0.2) is 42.5 Å². The minimum Gasteiger partial charge on any atom is -0.363 e. The molecule has 0 bridgehead atoms. The molecule has 0 unspecified atom stereocenters. The summed E-state index contributed by atoms with van der Waals surface area (Å²) in [5, 5.41) is 9.25. The molecule has 1 saturated heterocycles. The first-order chi connectivity index (χ1) is 10.6. The third-order valence-corrected chi connectivity index (χ3v) is 4.19. The van der Waals surface area contributed by atoms with Gasteiger partial charge in [-0.2, -0.15) is 5.26 Å². The molecule has 2 nitrogen and oxygen atoms in total. The lowest BCUT2D eigenvalue weighted by atomic mass is 10.00. The van der Waals surface area contributed by atoms with Gasteiger partial charge in [-0.1, -0.05) is 31.2 Å². The molecule has 1 heterocycles. The van der Waals surface area contributed by atoms with E-state index in [9.17, 15) is 14.0 Å². The lowest BCUT2D eigenvalue weighted by Gasteiger charge is -2.28. The summed E-state index contributed by atoms with van der Waals surface area (Å²) in [7, 11) is 0. The number of halogens is 2. The van der Waals surface area contributed by atoms with E-state index in [0.717, 1.165) is 6.42 Å². The standard InChI is InChI=1S/C18H16F2N2/c1-12-9-18(13-5-2-3-6-15(13)19)22(11-12)17-8-4-7-16(20)14(17)10-21/h2-8,12,18H,9,11H2,1H3/t12-,18-/m1/s1. The van der Waals surface area contributed by atoms with Crippen molar-refractivity contribution >= 4 is 5.69 Å². The van der Waals surface area contributed by atoms with Gasteiger partial charge in [-0.3, -0.25) is 0 Å². The zero-order chi connectivity index (χ0) is 15.7. The van der Waals surface area contributed by atoms with E-state index in [4.69, 9.17) is 0 Å². The van der Waals surface area contributed by atoms with Crippen molar-refractivity contribution in [3.63, 3.8) is 0 Å². The van der Waals surface area contributed by atoms with Gasteiger partial charge in [0.2, 0.25) is 0 Å². The van der Waals surface area contributed by atoms with Crippen LogP contribution in [0.2, 0.25) is 0 Å². The molecule has 1 aliphatic heterocycles. The Hall–Kier alpha value is -2.41. The van der Waals surface area contributed by atoms with Crippen molar-refractivity contribution in [3.05, 3.63) is 65.2 Å². The maximum absolute atomic E-state index is 14.2. The van der Waals surface area contributed by atoms with Gasteiger partial charge in [-0.15, -0.1) is 0 Å². The lowest BCUT2D eigenvalue weighted by Crippen LogP contribution is -2.25. The van der Waals surface area contributed by atoms with E-state index in [1.165, 1.54) is 12.1 Å². The highest BCUT2D eigenvalue weighted by molar-refractivity contribution is 5.62. The summed E-state index contributed by atoms with van der Waals surface area (Å²) in [6.45, 7) is 2.76. The third kappa shape index (κ3) is 2.43. The van der Waals surface area contributed by atoms with Gasteiger partial charge in [-0.25, -0.2) is 8.78 Å². The van der Waals surface area contributed by atoms with Crippen LogP contribution in [0.3, 0.4) is 0 Å². The molecule has 22 heavy (non-hydrogen) atoms. The number of benzene rings is 2. The Labute approximate surface area is 128 Å². The lowest BCUT2D eigenvalue weighted by molar-refractivity contribution is 0.563. The van der Waals surface area contributed by atoms with E-state index in [-0.39, 0.29) is 17.4 Å². The van der Waals surface area contributed by atoms with Crippen molar-refractivity contribution in [2.45, 2.75) is 19.4 Å². The molecule has 112 valence electrons. The molecule has 0 aliphatic carbocycles. The molecule has 4 heteroatoms. The van der Waals surface area contributed by atoms with Crippen LogP contribution in [0.5, 0.6) is 0 Å². The van der Waals surface area contributed by atoms with E-state index in [1.807, 2.05) is 11.0 Å². The SMILES string of the molecule is C[C@@H]1C[C@H](c2ccccc2F)N(c2cccc(F)c2C#N)C1. The first kappa shape index (κ1) is 14.5. The fourth-order valence-corrected chi connectivity index (χ4v) is 3.22. The van der Waals surface area contributed by atoms with Gasteiger partial charge < -0.3 is 4.90 Å². The van der Waals surface area contributed by atoms with Gasteiger partial charge in [0, 0.05) is 12.1 Å². The normalized spacial score (nSPS) is 20.9. The summed E-state index contributed by atoms with van der Waals surface area (Å²) >= 11 is 0. The molecule has 2 aromatic carbocycles. The smallest absolute Gasteiger partial charge is 0.143 e. The molecule has 0 saturated carbocycles. The first-order valence-electron chi connectivity index (χ1n) is 7.31. The van der Waals surface area contributed by atoms with Crippen molar-refractivity contribution in [2.75, 3.05) is 11.4 Å². The van der Waals surface area contributed by atoms with Crippen LogP contribution in [0.4, 0.5) is 14.5 Å². The summed E-state index contributed by atoms with van der Waals surface area (Å²) in [6.07, 6.45) is 0.780. The number of hydrogen-bond acceptors (Lipinski definition) is 2. The number of nitriles is 1. The maximum Gasteiger partial charge on any atom is 0.143 e. The Morgan fingerprint density at radius 2 is 1.82 bits per heavy atom. The molecule has 0 radical (unpaired) electrons. The molecule has 2 atom stereocenters. The Morgan fingerprint density at radius 1 is 1.09 bits per heavy atom. The van der Waals surface area contributed by atoms with Crippen LogP contribution in [-0.4, -0.2) is 6.54 Å². The van der Waals surface area contributed by atoms with Crippen LogP contribution in [0.25, 0.3) is 0 Å². The second-order valence-corrected chi connectivity index (χ2v) is 5.78. The Kier molecular flexibility index (Phi) is 3.81. The maximum atomic E-state index is 14.2. The van der Waals surface area contributed by atoms with Crippen LogP contribution in [-0.2, 0) is 0 Å². The highest BCUT2D eigenvalue weighted by Gasteiger charge is 2.34. The average molecular weight is 298 g/mol. The minimum atomic E-state index is -0.535. The molecule has 0 aromatic heterocycles. The number of hydrogen-bond donors (Lipinski definition) is 0. The van der Waals surface area contributed by atoms with Gasteiger partial charge in [-0.05, 0) is 30.5 Å². The molecular weight excluding hydrogens is 282 g/mol. The number of nitrogens with zero attached hydrogens (tertiary/aromatic N) is 2. The van der Waals surface area contributed by atoms with Gasteiger partial charge in [0.1, 0.15) is 23.3 Å². The van der Waals surface area contributed by atoms with Crippen molar-refractivity contribution in [1.82, 2.24) is 0 Å². The summed E-state index contributed by atoms with van der Waals surface area (Å²) < 4.78 is 28.0. The predicted molar refractivity (Wildman–Crippen MR) is 81.4 cm³/mol. The molecule has 0 amide bonds. The van der Waals surface area contributed by atoms with Gasteiger partial charge in [0.15, 0.2) is 0 Å². The highest BCUT2D eigenvalue weighted by atomic mass is 19.1. The van der Waals surface area contributed by atoms with E-state index in [0.29, 0.717) is 23.7 Å². The van der Waals surface area contributed by atoms with Gasteiger partial charge in [0.25, 0.3) is 0 Å². The van der Waals surface area contributed by atoms with Crippen molar-refractivity contribution in [2.24, 2.45) is 5.92 Å². The molecule has 1 aliphatic rings. The molecular formula is C18H16F2N2. The topological polar surface area (TPSA) is 27.0 Å². The third-order valence-electron chi connectivity index (χ3n) is 4.19. The summed E-state index contributed by atoms with van der Waals surface area (Å²) in [5.41, 5.74) is 1.16. The molecule has 1 fully saturated rings. The Morgan fingerprint density at radius 3 is 2.55 bits per heavy atom. The zero-order valence-corrected chi connectivity index (χ0v) is 12.3. The van der Waals surface area contributed by atoms with Crippen molar-refractivity contribution < 1.29 is 8.78 Å².